The van der Waals surface area contributed by atoms with Gasteiger partial charge < -0.3 is 40.3 Å². The van der Waals surface area contributed by atoms with Gasteiger partial charge in [-0.2, -0.15) is 0 Å². The number of aliphatic carboxylic acids is 1. The van der Waals surface area contributed by atoms with Gasteiger partial charge in [-0.05, 0) is 42.4 Å². The molecule has 4 amide bonds. The summed E-state index contributed by atoms with van der Waals surface area (Å²) in [5, 5.41) is 18.6. The van der Waals surface area contributed by atoms with E-state index in [1.165, 1.54) is 14.2 Å². The number of nitrogens with zero attached hydrogens (tertiary/aromatic N) is 2. The zero-order chi connectivity index (χ0) is 40.2. The summed E-state index contributed by atoms with van der Waals surface area (Å²) in [4.78, 5) is 70.6. The number of rotatable bonds is 21. The van der Waals surface area contributed by atoms with E-state index in [-0.39, 0.29) is 54.0 Å². The van der Waals surface area contributed by atoms with E-state index in [1.807, 2.05) is 71.9 Å². The first-order chi connectivity index (χ1) is 24.9. The number of amides is 4. The van der Waals surface area contributed by atoms with E-state index in [2.05, 4.69) is 25.2 Å². The monoisotopic (exact) mass is 763 g/mol. The summed E-state index contributed by atoms with van der Waals surface area (Å²) in [6.45, 7) is 13.8. The Morgan fingerprint density at radius 1 is 0.943 bits per heavy atom. The fourth-order valence-corrected chi connectivity index (χ4v) is 7.96. The predicted octanol–water partition coefficient (Wildman–Crippen LogP) is 2.96. The Morgan fingerprint density at radius 2 is 1.55 bits per heavy atom. The summed E-state index contributed by atoms with van der Waals surface area (Å²) < 4.78 is 11.9. The minimum atomic E-state index is -1.14. The summed E-state index contributed by atoms with van der Waals surface area (Å²) >= 11 is 0. The van der Waals surface area contributed by atoms with Crippen LogP contribution in [0.5, 0.6) is 0 Å². The predicted molar refractivity (Wildman–Crippen MR) is 209 cm³/mol. The molecule has 0 radical (unpaired) electrons. The second-order valence-corrected chi connectivity index (χ2v) is 16.2. The van der Waals surface area contributed by atoms with Crippen molar-refractivity contribution < 1.29 is 38.6 Å². The summed E-state index contributed by atoms with van der Waals surface area (Å²) in [7, 11) is 9.22. The molecule has 1 aliphatic rings. The van der Waals surface area contributed by atoms with Crippen molar-refractivity contribution in [2.24, 2.45) is 23.7 Å². The molecule has 1 heterocycles. The van der Waals surface area contributed by atoms with Crippen LogP contribution in [0.3, 0.4) is 0 Å². The standard InChI is InChI=1S/C39H66N5O8P/c1-12-24(6)34(43(9)38(48)33(23(4)5)42-37(47)32(40-8)22(2)3)30(51-10)20-31(45)44-21-27(53)19-29(44)35(52-11)25(7)36(46)41-28(39(49)50)18-26-16-14-13-15-17-26/h13-17,22-25,27-30,32-35,40H,12,18-21,53H2,1-11H3,(H,41,46)(H,42,47)(H,49,50)/t24-,25+,27-,28?,29-,30?,32-,33-,34?,35+/m0/s1. The molecule has 300 valence electrons. The number of nitrogens with one attached hydrogen (secondary N) is 3. The number of ether oxygens (including phenoxy) is 2. The third-order valence-corrected chi connectivity index (χ3v) is 11.2. The number of likely N-dealkylation sites (N-methyl/N-ethyl adjacent to an activating group) is 2. The molecule has 0 bridgehead atoms. The largest absolute Gasteiger partial charge is 0.480 e. The average molecular weight is 764 g/mol. The molecule has 4 unspecified atom stereocenters. The topological polar surface area (TPSA) is 167 Å². The lowest BCUT2D eigenvalue weighted by molar-refractivity contribution is -0.148. The van der Waals surface area contributed by atoms with Gasteiger partial charge in [-0.15, -0.1) is 9.24 Å². The van der Waals surface area contributed by atoms with Crippen LogP contribution in [0.1, 0.15) is 73.3 Å². The minimum Gasteiger partial charge on any atom is -0.480 e. The first kappa shape index (κ1) is 46.0. The van der Waals surface area contributed by atoms with Gasteiger partial charge in [0.05, 0.1) is 42.7 Å². The maximum atomic E-state index is 14.3. The fraction of sp³-hybridized carbons (Fsp3) is 0.718. The molecule has 11 atom stereocenters. The first-order valence-electron chi connectivity index (χ1n) is 18.9. The van der Waals surface area contributed by atoms with Crippen LogP contribution in [-0.2, 0) is 39.9 Å². The third-order valence-electron chi connectivity index (χ3n) is 10.7. The van der Waals surface area contributed by atoms with Gasteiger partial charge >= 0.3 is 5.97 Å². The molecule has 1 fully saturated rings. The number of carboxylic acids is 1. The van der Waals surface area contributed by atoms with Crippen LogP contribution in [0.2, 0.25) is 0 Å². The van der Waals surface area contributed by atoms with Crippen LogP contribution in [0.15, 0.2) is 30.3 Å². The van der Waals surface area contributed by atoms with Gasteiger partial charge in [-0.1, -0.05) is 85.2 Å². The van der Waals surface area contributed by atoms with Crippen molar-refractivity contribution >= 4 is 38.8 Å². The Bertz CT molecular complexity index is 1350. The van der Waals surface area contributed by atoms with E-state index in [9.17, 15) is 29.1 Å². The molecule has 0 saturated carbocycles. The highest BCUT2D eigenvalue weighted by Crippen LogP contribution is 2.32. The minimum absolute atomic E-state index is 0.0179. The zero-order valence-electron chi connectivity index (χ0n) is 33.6. The van der Waals surface area contributed by atoms with Crippen molar-refractivity contribution in [2.75, 3.05) is 34.9 Å². The van der Waals surface area contributed by atoms with Crippen LogP contribution in [0, 0.1) is 23.7 Å². The van der Waals surface area contributed by atoms with E-state index in [0.717, 1.165) is 5.56 Å². The van der Waals surface area contributed by atoms with Gasteiger partial charge in [0.25, 0.3) is 0 Å². The molecule has 13 nitrogen and oxygen atoms in total. The molecule has 53 heavy (non-hydrogen) atoms. The Kier molecular flexibility index (Phi) is 18.8. The molecule has 0 aliphatic carbocycles. The highest BCUT2D eigenvalue weighted by Gasteiger charge is 2.45. The molecule has 1 aliphatic heterocycles. The molecule has 0 spiro atoms. The summed E-state index contributed by atoms with van der Waals surface area (Å²) in [5.74, 6) is -3.34. The van der Waals surface area contributed by atoms with E-state index in [1.54, 1.807) is 30.8 Å². The molecule has 1 aromatic carbocycles. The molecule has 14 heteroatoms. The zero-order valence-corrected chi connectivity index (χ0v) is 34.8. The molecule has 4 N–H and O–H groups in total. The molecule has 1 aromatic rings. The number of carboxylic acid groups (broad SMARTS) is 1. The Balaban J connectivity index is 2.31. The lowest BCUT2D eigenvalue weighted by Gasteiger charge is -2.41. The average Bonchev–Trinajstić information content (AvgIpc) is 3.50. The quantitative estimate of drug-likeness (QED) is 0.138. The van der Waals surface area contributed by atoms with Crippen molar-refractivity contribution in [3.8, 4) is 0 Å². The third kappa shape index (κ3) is 12.5. The van der Waals surface area contributed by atoms with Gasteiger partial charge in [0, 0.05) is 34.2 Å². The normalized spacial score (nSPS) is 20.5. The Hall–Kier alpha value is -3.12. The lowest BCUT2D eigenvalue weighted by atomic mass is 9.89. The molecular weight excluding hydrogens is 697 g/mol. The first-order valence-corrected chi connectivity index (χ1v) is 19.5. The summed E-state index contributed by atoms with van der Waals surface area (Å²) in [6.07, 6.45) is -0.0162. The molecule has 2 rings (SSSR count). The van der Waals surface area contributed by atoms with Crippen molar-refractivity contribution in [3.63, 3.8) is 0 Å². The maximum absolute atomic E-state index is 14.3. The number of hydrogen-bond acceptors (Lipinski definition) is 8. The van der Waals surface area contributed by atoms with Gasteiger partial charge in [0.2, 0.25) is 23.6 Å². The summed E-state index contributed by atoms with van der Waals surface area (Å²) in [6, 6.07) is 5.76. The van der Waals surface area contributed by atoms with Crippen LogP contribution in [-0.4, -0.2) is 127 Å². The maximum Gasteiger partial charge on any atom is 0.326 e. The van der Waals surface area contributed by atoms with E-state index < -0.39 is 60.2 Å². The Morgan fingerprint density at radius 3 is 2.04 bits per heavy atom. The van der Waals surface area contributed by atoms with Crippen LogP contribution < -0.4 is 16.0 Å². The van der Waals surface area contributed by atoms with Crippen molar-refractivity contribution in [1.82, 2.24) is 25.8 Å². The van der Waals surface area contributed by atoms with Crippen molar-refractivity contribution in [3.05, 3.63) is 35.9 Å². The second kappa shape index (κ2) is 21.7. The number of carbonyl (C=O) groups is 5. The summed E-state index contributed by atoms with van der Waals surface area (Å²) in [5.41, 5.74) is 0.823. The highest BCUT2D eigenvalue weighted by atomic mass is 31.0. The molecular formula is C39H66N5O8P. The fourth-order valence-electron chi connectivity index (χ4n) is 7.46. The van der Waals surface area contributed by atoms with E-state index >= 15 is 0 Å². The van der Waals surface area contributed by atoms with E-state index in [0.29, 0.717) is 19.4 Å². The van der Waals surface area contributed by atoms with Gasteiger partial charge in [-0.3, -0.25) is 19.2 Å². The lowest BCUT2D eigenvalue weighted by Crippen LogP contribution is -2.59. The smallest absolute Gasteiger partial charge is 0.326 e. The van der Waals surface area contributed by atoms with Gasteiger partial charge in [-0.25, -0.2) is 4.79 Å². The van der Waals surface area contributed by atoms with Crippen molar-refractivity contribution in [1.29, 1.82) is 0 Å². The molecule has 1 saturated heterocycles. The molecule has 0 aromatic heterocycles. The Labute approximate surface area is 319 Å². The number of likely N-dealkylation sites (tertiary alicyclic amines) is 1. The van der Waals surface area contributed by atoms with Crippen LogP contribution in [0.4, 0.5) is 0 Å². The van der Waals surface area contributed by atoms with Gasteiger partial charge in [0.1, 0.15) is 12.1 Å². The van der Waals surface area contributed by atoms with Gasteiger partial charge in [0.15, 0.2) is 0 Å². The number of hydrogen-bond donors (Lipinski definition) is 4. The number of carbonyl (C=O) groups excluding carboxylic acids is 4. The number of benzene rings is 1. The highest BCUT2D eigenvalue weighted by molar-refractivity contribution is 7.17. The van der Waals surface area contributed by atoms with Crippen LogP contribution >= 0.6 is 9.24 Å². The number of methoxy groups -OCH3 is 2. The van der Waals surface area contributed by atoms with E-state index in [4.69, 9.17) is 9.47 Å². The van der Waals surface area contributed by atoms with Crippen LogP contribution in [0.25, 0.3) is 0 Å². The SMILES string of the molecule is CC[C@H](C)C(C(CC(=O)N1C[C@@H](P)C[C@H]1[C@H](OC)[C@@H](C)C(=O)NC(Cc1ccccc1)C(=O)O)OC)N(C)C(=O)[C@@H](NC(=O)[C@@H](NC)C(C)C)C(C)C. The van der Waals surface area contributed by atoms with Crippen molar-refractivity contribution in [2.45, 2.75) is 122 Å². The second-order valence-electron chi connectivity index (χ2n) is 15.2.